The van der Waals surface area contributed by atoms with E-state index in [1.807, 2.05) is 0 Å². The Balaban J connectivity index is 1.07. The number of halogens is 2. The van der Waals surface area contributed by atoms with Crippen LogP contribution in [0.25, 0.3) is 0 Å². The molecule has 46 heavy (non-hydrogen) atoms. The normalized spacial score (nSPS) is 21.9. The van der Waals surface area contributed by atoms with Crippen LogP contribution in [0, 0.1) is 11.3 Å². The number of rotatable bonds is 8. The van der Waals surface area contributed by atoms with Crippen molar-refractivity contribution >= 4 is 35.0 Å². The fourth-order valence-electron chi connectivity index (χ4n) is 7.47. The quantitative estimate of drug-likeness (QED) is 0.394. The Morgan fingerprint density at radius 1 is 1.17 bits per heavy atom. The number of piperidine rings is 2. The molecule has 13 heteroatoms. The zero-order chi connectivity index (χ0) is 32.6. The number of ether oxygens (including phenoxy) is 1. The van der Waals surface area contributed by atoms with Crippen molar-refractivity contribution in [3.8, 4) is 5.75 Å². The van der Waals surface area contributed by atoms with Crippen molar-refractivity contribution < 1.29 is 23.1 Å². The van der Waals surface area contributed by atoms with Gasteiger partial charge in [-0.15, -0.1) is 0 Å². The van der Waals surface area contributed by atoms with Gasteiger partial charge in [0.15, 0.2) is 5.82 Å². The van der Waals surface area contributed by atoms with Gasteiger partial charge in [0.05, 0.1) is 25.5 Å². The molecule has 4 heterocycles. The van der Waals surface area contributed by atoms with Gasteiger partial charge in [-0.3, -0.25) is 9.59 Å². The Morgan fingerprint density at radius 2 is 1.89 bits per heavy atom. The molecule has 1 spiro atoms. The number of nitrogens with one attached hydrogen (secondary N) is 3. The average molecular weight is 641 g/mol. The molecule has 3 N–H and O–H groups in total. The summed E-state index contributed by atoms with van der Waals surface area (Å²) in [5.74, 6) is -3.42. The van der Waals surface area contributed by atoms with E-state index < -0.39 is 18.4 Å². The van der Waals surface area contributed by atoms with Gasteiger partial charge >= 0.3 is 5.92 Å². The molecule has 1 aromatic carbocycles. The van der Waals surface area contributed by atoms with Gasteiger partial charge in [0, 0.05) is 31.2 Å². The van der Waals surface area contributed by atoms with E-state index in [1.54, 1.807) is 32.0 Å². The first-order chi connectivity index (χ1) is 22.0. The Bertz CT molecular complexity index is 1430. The number of hydrogen-bond acceptors (Lipinski definition) is 9. The van der Waals surface area contributed by atoms with Gasteiger partial charge in [-0.2, -0.15) is 13.8 Å². The molecule has 250 valence electrons. The van der Waals surface area contributed by atoms with Crippen molar-refractivity contribution in [1.82, 2.24) is 25.5 Å². The largest absolute Gasteiger partial charge is 0.495 e. The number of amides is 2. The monoisotopic (exact) mass is 640 g/mol. The van der Waals surface area contributed by atoms with Crippen LogP contribution in [0.3, 0.4) is 0 Å². The third kappa shape index (κ3) is 6.62. The summed E-state index contributed by atoms with van der Waals surface area (Å²) in [5, 5.41) is 9.76. The molecular formula is C33H46F2N8O3. The molecule has 0 atom stereocenters. The minimum atomic E-state index is -3.57. The molecule has 1 aromatic heterocycles. The van der Waals surface area contributed by atoms with Gasteiger partial charge in [-0.05, 0) is 108 Å². The van der Waals surface area contributed by atoms with Crippen LogP contribution in [0.4, 0.5) is 31.9 Å². The number of methoxy groups -OCH3 is 1. The molecule has 1 saturated carbocycles. The van der Waals surface area contributed by atoms with E-state index in [4.69, 9.17) is 4.74 Å². The molecule has 2 amide bonds. The molecule has 11 nitrogen and oxygen atoms in total. The van der Waals surface area contributed by atoms with Crippen molar-refractivity contribution in [2.45, 2.75) is 70.4 Å². The second kappa shape index (κ2) is 12.9. The molecule has 4 aliphatic rings. The Morgan fingerprint density at radius 3 is 2.57 bits per heavy atom. The number of benzene rings is 1. The number of anilines is 4. The van der Waals surface area contributed by atoms with E-state index in [-0.39, 0.29) is 35.4 Å². The predicted octanol–water partition coefficient (Wildman–Crippen LogP) is 4.03. The molecule has 0 bridgehead atoms. The first-order valence-corrected chi connectivity index (χ1v) is 16.5. The number of aromatic nitrogens is 2. The van der Waals surface area contributed by atoms with Crippen molar-refractivity contribution in [2.75, 3.05) is 68.5 Å². The minimum Gasteiger partial charge on any atom is -0.495 e. The van der Waals surface area contributed by atoms with E-state index in [0.29, 0.717) is 22.4 Å². The highest BCUT2D eigenvalue weighted by atomic mass is 19.3. The Labute approximate surface area is 269 Å². The van der Waals surface area contributed by atoms with Crippen LogP contribution in [0.1, 0.15) is 62.7 Å². The van der Waals surface area contributed by atoms with Crippen molar-refractivity contribution in [1.29, 1.82) is 0 Å². The first kappa shape index (κ1) is 32.4. The third-order valence-electron chi connectivity index (χ3n) is 10.3. The van der Waals surface area contributed by atoms with Gasteiger partial charge in [-0.25, -0.2) is 4.98 Å². The summed E-state index contributed by atoms with van der Waals surface area (Å²) in [6.45, 7) is 8.55. The maximum atomic E-state index is 14.7. The van der Waals surface area contributed by atoms with E-state index in [1.165, 1.54) is 57.5 Å². The molecule has 1 aliphatic carbocycles. The van der Waals surface area contributed by atoms with E-state index in [9.17, 15) is 18.4 Å². The first-order valence-electron chi connectivity index (χ1n) is 16.5. The smallest absolute Gasteiger partial charge is 0.342 e. The SMILES string of the molecule is COc1cc(C(=O)NC2CC3(CCN(CC4CCNCC4)CC3)C2)ccc1Nc1ncc2c(n1)N(C(C)C)CC(F)(F)C(=O)N2C. The van der Waals surface area contributed by atoms with Crippen LogP contribution in [-0.2, 0) is 4.79 Å². The number of alkyl halides is 2. The molecule has 6 rings (SSSR count). The molecule has 3 fully saturated rings. The van der Waals surface area contributed by atoms with Crippen LogP contribution < -0.4 is 30.5 Å². The van der Waals surface area contributed by atoms with Gasteiger partial charge < -0.3 is 35.4 Å². The Hall–Kier alpha value is -3.58. The van der Waals surface area contributed by atoms with Crippen LogP contribution in [0.2, 0.25) is 0 Å². The van der Waals surface area contributed by atoms with Crippen molar-refractivity contribution in [3.05, 3.63) is 30.0 Å². The number of nitrogens with zero attached hydrogens (tertiary/aromatic N) is 5. The average Bonchev–Trinajstić information content (AvgIpc) is 3.10. The summed E-state index contributed by atoms with van der Waals surface area (Å²) in [5.41, 5.74) is 1.54. The molecular weight excluding hydrogens is 594 g/mol. The zero-order valence-electron chi connectivity index (χ0n) is 27.2. The lowest BCUT2D eigenvalue weighted by molar-refractivity contribution is -0.140. The van der Waals surface area contributed by atoms with Crippen LogP contribution in [0.5, 0.6) is 5.75 Å². The maximum Gasteiger partial charge on any atom is 0.342 e. The van der Waals surface area contributed by atoms with Gasteiger partial charge in [0.25, 0.3) is 11.8 Å². The molecule has 3 aliphatic heterocycles. The standard InChI is InChI=1S/C33H46F2N8O3/c1-21(2)43-20-33(34,35)30(45)41(3)26-18-37-31(40-28(26)43)39-25-6-5-23(15-27(25)46-4)29(44)38-24-16-32(17-24)9-13-42(14-10-32)19-22-7-11-36-12-8-22/h5-6,15,18,21-22,24,36H,7-14,16-17,19-20H2,1-4H3,(H,38,44)(H,37,39,40). The van der Waals surface area contributed by atoms with Crippen LogP contribution in [-0.4, -0.2) is 98.1 Å². The summed E-state index contributed by atoms with van der Waals surface area (Å²) >= 11 is 0. The summed E-state index contributed by atoms with van der Waals surface area (Å²) in [6.07, 6.45) is 8.36. The van der Waals surface area contributed by atoms with E-state index in [0.717, 1.165) is 49.8 Å². The fourth-order valence-corrected chi connectivity index (χ4v) is 7.47. The highest BCUT2D eigenvalue weighted by Gasteiger charge is 2.48. The number of carbonyl (C=O) groups excluding carboxylic acids is 2. The summed E-state index contributed by atoms with van der Waals surface area (Å²) in [6, 6.07) is 4.92. The molecule has 0 radical (unpaired) electrons. The molecule has 2 saturated heterocycles. The lowest BCUT2D eigenvalue weighted by Crippen LogP contribution is -2.55. The second-order valence-corrected chi connectivity index (χ2v) is 13.8. The number of likely N-dealkylation sites (tertiary alicyclic amines) is 1. The highest BCUT2D eigenvalue weighted by Crippen LogP contribution is 2.49. The lowest BCUT2D eigenvalue weighted by atomic mass is 9.60. The third-order valence-corrected chi connectivity index (χ3v) is 10.3. The van der Waals surface area contributed by atoms with Gasteiger partial charge in [-0.1, -0.05) is 0 Å². The zero-order valence-corrected chi connectivity index (χ0v) is 27.2. The van der Waals surface area contributed by atoms with Crippen LogP contribution in [0.15, 0.2) is 24.4 Å². The van der Waals surface area contributed by atoms with Crippen molar-refractivity contribution in [2.24, 2.45) is 11.3 Å². The van der Waals surface area contributed by atoms with Crippen molar-refractivity contribution in [3.63, 3.8) is 0 Å². The summed E-state index contributed by atoms with van der Waals surface area (Å²) in [7, 11) is 2.81. The predicted molar refractivity (Wildman–Crippen MR) is 173 cm³/mol. The lowest BCUT2D eigenvalue weighted by Gasteiger charge is -2.52. The molecule has 0 unspecified atom stereocenters. The number of carbonyl (C=O) groups is 2. The summed E-state index contributed by atoms with van der Waals surface area (Å²) < 4.78 is 34.9. The number of hydrogen-bond donors (Lipinski definition) is 3. The molecule has 2 aromatic rings. The minimum absolute atomic E-state index is 0.143. The maximum absolute atomic E-state index is 14.7. The topological polar surface area (TPSA) is 115 Å². The summed E-state index contributed by atoms with van der Waals surface area (Å²) in [4.78, 5) is 39.4. The Kier molecular flexibility index (Phi) is 9.08. The van der Waals surface area contributed by atoms with Crippen LogP contribution >= 0.6 is 0 Å². The fraction of sp³-hybridized carbons (Fsp3) is 0.636. The highest BCUT2D eigenvalue weighted by molar-refractivity contribution is 6.02. The number of fused-ring (bicyclic) bond motifs is 1. The van der Waals surface area contributed by atoms with Gasteiger partial charge in [0.2, 0.25) is 5.95 Å². The van der Waals surface area contributed by atoms with Gasteiger partial charge in [0.1, 0.15) is 11.4 Å². The van der Waals surface area contributed by atoms with E-state index in [2.05, 4.69) is 30.8 Å². The van der Waals surface area contributed by atoms with E-state index >= 15 is 0 Å². The second-order valence-electron chi connectivity index (χ2n) is 13.8.